The third-order valence-corrected chi connectivity index (χ3v) is 7.07. The lowest BCUT2D eigenvalue weighted by Gasteiger charge is -2.46. The Morgan fingerprint density at radius 3 is 2.11 bits per heavy atom. The molecule has 2 aliphatic carbocycles. The minimum Gasteiger partial charge on any atom is -0.448 e. The first-order valence-corrected chi connectivity index (χ1v) is 10.5. The smallest absolute Gasteiger partial charge is 0.409 e. The standard InChI is InChI=1S/C24H27NO3/c26-23(25-14-10-17(11-15-25)24(27)12-5-13-24)28-16-22-20-8-3-1-6-18(20)19-7-2-4-9-21(19)22/h1-4,6-9,17,22,27H,5,10-16H2. The second-order valence-corrected chi connectivity index (χ2v) is 8.52. The molecule has 1 saturated heterocycles. The van der Waals surface area contributed by atoms with E-state index in [9.17, 15) is 9.90 Å². The summed E-state index contributed by atoms with van der Waals surface area (Å²) < 4.78 is 5.76. The number of likely N-dealkylation sites (tertiary alicyclic amines) is 1. The van der Waals surface area contributed by atoms with Gasteiger partial charge >= 0.3 is 6.09 Å². The van der Waals surface area contributed by atoms with Crippen LogP contribution in [0.4, 0.5) is 4.79 Å². The Labute approximate surface area is 166 Å². The Hall–Kier alpha value is -2.33. The van der Waals surface area contributed by atoms with E-state index in [0.29, 0.717) is 25.6 Å². The number of carbonyl (C=O) groups excluding carboxylic acids is 1. The van der Waals surface area contributed by atoms with Crippen LogP contribution in [-0.2, 0) is 4.74 Å². The van der Waals surface area contributed by atoms with Crippen LogP contribution in [0.1, 0.15) is 49.1 Å². The highest BCUT2D eigenvalue weighted by atomic mass is 16.6. The molecule has 1 N–H and O–H groups in total. The molecular formula is C24H27NO3. The van der Waals surface area contributed by atoms with Crippen molar-refractivity contribution in [2.45, 2.75) is 43.6 Å². The predicted molar refractivity (Wildman–Crippen MR) is 108 cm³/mol. The van der Waals surface area contributed by atoms with Crippen LogP contribution >= 0.6 is 0 Å². The van der Waals surface area contributed by atoms with E-state index in [4.69, 9.17) is 4.74 Å². The minimum atomic E-state index is -0.465. The average molecular weight is 377 g/mol. The summed E-state index contributed by atoms with van der Waals surface area (Å²) in [6.07, 6.45) is 4.50. The summed E-state index contributed by atoms with van der Waals surface area (Å²) in [6, 6.07) is 16.8. The van der Waals surface area contributed by atoms with Crippen molar-refractivity contribution >= 4 is 6.09 Å². The van der Waals surface area contributed by atoms with Crippen molar-refractivity contribution in [3.05, 3.63) is 59.7 Å². The molecule has 4 nitrogen and oxygen atoms in total. The Morgan fingerprint density at radius 1 is 1.00 bits per heavy atom. The zero-order chi connectivity index (χ0) is 19.1. The molecule has 0 radical (unpaired) electrons. The molecule has 2 aromatic rings. The zero-order valence-corrected chi connectivity index (χ0v) is 16.1. The molecule has 0 atom stereocenters. The molecule has 0 aromatic heterocycles. The average Bonchev–Trinajstić information content (AvgIpc) is 3.04. The summed E-state index contributed by atoms with van der Waals surface area (Å²) in [7, 11) is 0. The molecule has 3 aliphatic rings. The van der Waals surface area contributed by atoms with Gasteiger partial charge in [0.15, 0.2) is 0 Å². The molecule has 28 heavy (non-hydrogen) atoms. The molecule has 1 heterocycles. The van der Waals surface area contributed by atoms with Crippen molar-refractivity contribution in [3.63, 3.8) is 0 Å². The number of piperidine rings is 1. The number of fused-ring (bicyclic) bond motifs is 3. The number of amides is 1. The number of ether oxygens (including phenoxy) is 1. The molecule has 4 heteroatoms. The van der Waals surface area contributed by atoms with Crippen LogP contribution in [0.3, 0.4) is 0 Å². The van der Waals surface area contributed by atoms with Gasteiger partial charge in [0, 0.05) is 19.0 Å². The molecule has 5 rings (SSSR count). The van der Waals surface area contributed by atoms with Crippen molar-refractivity contribution in [1.29, 1.82) is 0 Å². The third-order valence-electron chi connectivity index (χ3n) is 7.07. The molecule has 2 aromatic carbocycles. The van der Waals surface area contributed by atoms with Crippen LogP contribution in [0.2, 0.25) is 0 Å². The lowest BCUT2D eigenvalue weighted by atomic mass is 9.68. The van der Waals surface area contributed by atoms with Gasteiger partial charge in [-0.25, -0.2) is 4.79 Å². The molecule has 2 fully saturated rings. The summed E-state index contributed by atoms with van der Waals surface area (Å²) >= 11 is 0. The van der Waals surface area contributed by atoms with E-state index in [0.717, 1.165) is 32.1 Å². The van der Waals surface area contributed by atoms with Gasteiger partial charge in [0.05, 0.1) is 5.60 Å². The fourth-order valence-electron chi connectivity index (χ4n) is 5.23. The van der Waals surface area contributed by atoms with Gasteiger partial charge in [-0.1, -0.05) is 48.5 Å². The maximum absolute atomic E-state index is 12.7. The van der Waals surface area contributed by atoms with Gasteiger partial charge in [-0.2, -0.15) is 0 Å². The Morgan fingerprint density at radius 2 is 1.57 bits per heavy atom. The highest BCUT2D eigenvalue weighted by Gasteiger charge is 2.43. The molecule has 0 unspecified atom stereocenters. The second kappa shape index (κ2) is 6.93. The third kappa shape index (κ3) is 2.91. The first kappa shape index (κ1) is 17.7. The number of rotatable bonds is 3. The predicted octanol–water partition coefficient (Wildman–Crippen LogP) is 4.56. The van der Waals surface area contributed by atoms with E-state index >= 15 is 0 Å². The van der Waals surface area contributed by atoms with Crippen LogP contribution < -0.4 is 0 Å². The molecule has 1 amide bonds. The molecule has 0 bridgehead atoms. The number of nitrogens with zero attached hydrogens (tertiary/aromatic N) is 1. The van der Waals surface area contributed by atoms with E-state index in [1.165, 1.54) is 22.3 Å². The Bertz CT molecular complexity index is 835. The quantitative estimate of drug-likeness (QED) is 0.853. The number of hydrogen-bond acceptors (Lipinski definition) is 3. The summed E-state index contributed by atoms with van der Waals surface area (Å²) in [5.74, 6) is 0.434. The summed E-state index contributed by atoms with van der Waals surface area (Å²) in [5, 5.41) is 10.6. The van der Waals surface area contributed by atoms with E-state index in [1.54, 1.807) is 0 Å². The van der Waals surface area contributed by atoms with Gasteiger partial charge in [-0.3, -0.25) is 0 Å². The van der Waals surface area contributed by atoms with E-state index < -0.39 is 5.60 Å². The largest absolute Gasteiger partial charge is 0.448 e. The van der Waals surface area contributed by atoms with Crippen molar-refractivity contribution in [2.24, 2.45) is 5.92 Å². The number of carbonyl (C=O) groups is 1. The first-order chi connectivity index (χ1) is 13.7. The second-order valence-electron chi connectivity index (χ2n) is 8.52. The van der Waals surface area contributed by atoms with Crippen molar-refractivity contribution in [2.75, 3.05) is 19.7 Å². The van der Waals surface area contributed by atoms with Gasteiger partial charge in [0.25, 0.3) is 0 Å². The number of aliphatic hydroxyl groups is 1. The monoisotopic (exact) mass is 377 g/mol. The molecule has 1 saturated carbocycles. The lowest BCUT2D eigenvalue weighted by Crippen LogP contribution is -2.50. The fourth-order valence-corrected chi connectivity index (χ4v) is 5.23. The number of benzene rings is 2. The normalized spacial score (nSPS) is 21.0. The maximum Gasteiger partial charge on any atom is 0.409 e. The number of hydrogen-bond donors (Lipinski definition) is 1. The molecular weight excluding hydrogens is 350 g/mol. The summed E-state index contributed by atoms with van der Waals surface area (Å²) in [4.78, 5) is 14.5. The summed E-state index contributed by atoms with van der Waals surface area (Å²) in [5.41, 5.74) is 4.50. The fraction of sp³-hybridized carbons (Fsp3) is 0.458. The lowest BCUT2D eigenvalue weighted by molar-refractivity contribution is -0.0987. The molecule has 146 valence electrons. The van der Waals surface area contributed by atoms with Crippen LogP contribution in [0.5, 0.6) is 0 Å². The minimum absolute atomic E-state index is 0.101. The van der Waals surface area contributed by atoms with Crippen LogP contribution in [-0.4, -0.2) is 41.4 Å². The van der Waals surface area contributed by atoms with Crippen molar-refractivity contribution in [1.82, 2.24) is 4.90 Å². The van der Waals surface area contributed by atoms with Crippen molar-refractivity contribution in [3.8, 4) is 11.1 Å². The van der Waals surface area contributed by atoms with Gasteiger partial charge in [-0.15, -0.1) is 0 Å². The topological polar surface area (TPSA) is 49.8 Å². The van der Waals surface area contributed by atoms with Gasteiger partial charge in [0.1, 0.15) is 6.61 Å². The highest BCUT2D eigenvalue weighted by molar-refractivity contribution is 5.79. The van der Waals surface area contributed by atoms with E-state index in [2.05, 4.69) is 48.5 Å². The van der Waals surface area contributed by atoms with Crippen LogP contribution in [0.25, 0.3) is 11.1 Å². The SMILES string of the molecule is O=C(OCC1c2ccccc2-c2ccccc21)N1CCC(C2(O)CCC2)CC1. The zero-order valence-electron chi connectivity index (χ0n) is 16.1. The summed E-state index contributed by atoms with van der Waals surface area (Å²) in [6.45, 7) is 1.74. The van der Waals surface area contributed by atoms with Gasteiger partial charge < -0.3 is 14.7 Å². The van der Waals surface area contributed by atoms with E-state index in [1.807, 2.05) is 4.90 Å². The van der Waals surface area contributed by atoms with Gasteiger partial charge in [0.2, 0.25) is 0 Å². The van der Waals surface area contributed by atoms with Crippen LogP contribution in [0, 0.1) is 5.92 Å². The van der Waals surface area contributed by atoms with E-state index in [-0.39, 0.29) is 12.0 Å². The van der Waals surface area contributed by atoms with Crippen LogP contribution in [0.15, 0.2) is 48.5 Å². The Kier molecular flexibility index (Phi) is 4.39. The Balaban J connectivity index is 1.23. The molecule has 1 aliphatic heterocycles. The maximum atomic E-state index is 12.7. The molecule has 0 spiro atoms. The van der Waals surface area contributed by atoms with Gasteiger partial charge in [-0.05, 0) is 60.3 Å². The first-order valence-electron chi connectivity index (χ1n) is 10.5. The highest BCUT2D eigenvalue weighted by Crippen LogP contribution is 2.45. The van der Waals surface area contributed by atoms with Crippen molar-refractivity contribution < 1.29 is 14.6 Å².